The number of nitrogens with two attached hydrogens (primary N) is 1. The van der Waals surface area contributed by atoms with Crippen LogP contribution in [0.4, 0.5) is 0 Å². The second kappa shape index (κ2) is 11.8. The zero-order chi connectivity index (χ0) is 24.9. The van der Waals surface area contributed by atoms with E-state index in [1.807, 2.05) is 24.3 Å². The van der Waals surface area contributed by atoms with E-state index < -0.39 is 6.04 Å². The molecule has 0 bridgehead atoms. The molecule has 4 atom stereocenters. The van der Waals surface area contributed by atoms with Crippen molar-refractivity contribution in [3.05, 3.63) is 69.7 Å². The maximum Gasteiger partial charge on any atom is 0.240 e. The number of carbonyl (C=O) groups excluding carboxylic acids is 2. The van der Waals surface area contributed by atoms with E-state index in [0.717, 1.165) is 24.8 Å². The van der Waals surface area contributed by atoms with Crippen LogP contribution in [0.2, 0.25) is 10.0 Å². The normalized spacial score (nSPS) is 23.7. The molecule has 2 aliphatic heterocycles. The molecule has 2 aromatic rings. The summed E-state index contributed by atoms with van der Waals surface area (Å²) in [5.41, 5.74) is 8.44. The van der Waals surface area contributed by atoms with Gasteiger partial charge in [-0.2, -0.15) is 0 Å². The third-order valence-electron chi connectivity index (χ3n) is 7.29. The number of ketones is 1. The Balaban J connectivity index is 1.45. The van der Waals surface area contributed by atoms with Gasteiger partial charge >= 0.3 is 0 Å². The first-order valence-corrected chi connectivity index (χ1v) is 13.1. The zero-order valence-electron chi connectivity index (χ0n) is 19.8. The Hall–Kier alpha value is -1.96. The van der Waals surface area contributed by atoms with Crippen molar-refractivity contribution in [2.75, 3.05) is 19.7 Å². The first-order valence-electron chi connectivity index (χ1n) is 12.3. The average Bonchev–Trinajstić information content (AvgIpc) is 3.20. The molecule has 0 spiro atoms. The van der Waals surface area contributed by atoms with Gasteiger partial charge in [0.2, 0.25) is 5.91 Å². The lowest BCUT2D eigenvalue weighted by molar-refractivity contribution is -0.143. The summed E-state index contributed by atoms with van der Waals surface area (Å²) in [7, 11) is 0. The standard InChI is InChI=1S/C27H33Cl2N3O3/c28-22-10-7-19(14-23(22)29)8-11-26(34)25(17-33)31-13-12-21(9-6-18-4-2-1-3-5-18)32-16-20(30)15-24(32)27(31)35/h1-5,7,10,14,20-21,24-25,33H,6,8-9,11-13,15-17,30H2/t20-,21?,24+,25-/m1/s1. The molecule has 2 fully saturated rings. The quantitative estimate of drug-likeness (QED) is 0.531. The monoisotopic (exact) mass is 517 g/mol. The Morgan fingerprint density at radius 2 is 1.86 bits per heavy atom. The number of benzene rings is 2. The minimum absolute atomic E-state index is 0.0685. The lowest BCUT2D eigenvalue weighted by atomic mass is 10.0. The zero-order valence-corrected chi connectivity index (χ0v) is 21.3. The molecule has 188 valence electrons. The summed E-state index contributed by atoms with van der Waals surface area (Å²) in [6, 6.07) is 14.6. The van der Waals surface area contributed by atoms with Crippen molar-refractivity contribution in [2.24, 2.45) is 5.73 Å². The van der Waals surface area contributed by atoms with E-state index in [0.29, 0.717) is 36.0 Å². The Morgan fingerprint density at radius 3 is 2.57 bits per heavy atom. The van der Waals surface area contributed by atoms with Crippen LogP contribution in [0, 0.1) is 0 Å². The molecule has 35 heavy (non-hydrogen) atoms. The smallest absolute Gasteiger partial charge is 0.240 e. The second-order valence-corrected chi connectivity index (χ2v) is 10.4. The lowest BCUT2D eigenvalue weighted by Crippen LogP contribution is -2.52. The summed E-state index contributed by atoms with van der Waals surface area (Å²) in [4.78, 5) is 30.6. The topological polar surface area (TPSA) is 86.9 Å². The van der Waals surface area contributed by atoms with Gasteiger partial charge in [0.15, 0.2) is 5.78 Å². The van der Waals surface area contributed by atoms with Gasteiger partial charge in [-0.1, -0.05) is 59.6 Å². The highest BCUT2D eigenvalue weighted by atomic mass is 35.5. The highest BCUT2D eigenvalue weighted by molar-refractivity contribution is 6.42. The third-order valence-corrected chi connectivity index (χ3v) is 8.03. The number of hydrogen-bond acceptors (Lipinski definition) is 5. The van der Waals surface area contributed by atoms with Gasteiger partial charge in [-0.25, -0.2) is 0 Å². The van der Waals surface area contributed by atoms with Crippen LogP contribution < -0.4 is 5.73 Å². The van der Waals surface area contributed by atoms with Gasteiger partial charge in [-0.3, -0.25) is 14.5 Å². The van der Waals surface area contributed by atoms with Crippen LogP contribution >= 0.6 is 23.2 Å². The SMILES string of the molecule is N[C@@H]1C[C@H]2C(=O)N([C@H](CO)C(=O)CCc3ccc(Cl)c(Cl)c3)CCC(CCc3ccccc3)N2C1. The fourth-order valence-electron chi connectivity index (χ4n) is 5.40. The van der Waals surface area contributed by atoms with Crippen LogP contribution in [0.5, 0.6) is 0 Å². The molecular weight excluding hydrogens is 485 g/mol. The van der Waals surface area contributed by atoms with E-state index >= 15 is 0 Å². The molecule has 0 aliphatic carbocycles. The summed E-state index contributed by atoms with van der Waals surface area (Å²) in [6.07, 6.45) is 3.84. The molecule has 2 heterocycles. The molecule has 3 N–H and O–H groups in total. The fourth-order valence-corrected chi connectivity index (χ4v) is 5.72. The predicted octanol–water partition coefficient (Wildman–Crippen LogP) is 3.49. The molecule has 8 heteroatoms. The number of amides is 1. The van der Waals surface area contributed by atoms with E-state index in [4.69, 9.17) is 28.9 Å². The number of aliphatic hydroxyl groups is 1. The molecule has 1 amide bonds. The molecular formula is C27H33Cl2N3O3. The van der Waals surface area contributed by atoms with Gasteiger partial charge in [0.05, 0.1) is 22.7 Å². The number of carbonyl (C=O) groups is 2. The summed E-state index contributed by atoms with van der Waals surface area (Å²) < 4.78 is 0. The minimum atomic E-state index is -0.850. The van der Waals surface area contributed by atoms with Crippen LogP contribution in [0.1, 0.15) is 36.8 Å². The number of fused-ring (bicyclic) bond motifs is 1. The molecule has 0 radical (unpaired) electrons. The van der Waals surface area contributed by atoms with Crippen molar-refractivity contribution in [1.29, 1.82) is 0 Å². The minimum Gasteiger partial charge on any atom is -0.394 e. The summed E-state index contributed by atoms with van der Waals surface area (Å²) in [5, 5.41) is 11.1. The molecule has 4 rings (SSSR count). The van der Waals surface area contributed by atoms with Gasteiger partial charge in [0, 0.05) is 31.6 Å². The van der Waals surface area contributed by atoms with Crippen LogP contribution in [0.25, 0.3) is 0 Å². The van der Waals surface area contributed by atoms with E-state index in [9.17, 15) is 14.7 Å². The van der Waals surface area contributed by atoms with Gasteiger partial charge < -0.3 is 15.7 Å². The Labute approximate surface area is 217 Å². The van der Waals surface area contributed by atoms with Crippen molar-refractivity contribution in [2.45, 2.75) is 62.7 Å². The maximum absolute atomic E-state index is 13.6. The molecule has 0 aromatic heterocycles. The Morgan fingerprint density at radius 1 is 1.09 bits per heavy atom. The second-order valence-electron chi connectivity index (χ2n) is 9.62. The largest absolute Gasteiger partial charge is 0.394 e. The van der Waals surface area contributed by atoms with Gasteiger partial charge in [0.1, 0.15) is 6.04 Å². The molecule has 1 unspecified atom stereocenters. The van der Waals surface area contributed by atoms with Crippen LogP contribution in [0.3, 0.4) is 0 Å². The van der Waals surface area contributed by atoms with Crippen molar-refractivity contribution < 1.29 is 14.7 Å². The van der Waals surface area contributed by atoms with Crippen molar-refractivity contribution >= 4 is 34.9 Å². The number of Topliss-reactive ketones (excluding diaryl/α,β-unsaturated/α-hetero) is 1. The number of aryl methyl sites for hydroxylation is 2. The Kier molecular flexibility index (Phi) is 8.84. The maximum atomic E-state index is 13.6. The number of halogens is 2. The van der Waals surface area contributed by atoms with Crippen LogP contribution in [-0.2, 0) is 22.4 Å². The number of aliphatic hydroxyl groups excluding tert-OH is 1. The van der Waals surface area contributed by atoms with Crippen molar-refractivity contribution in [3.63, 3.8) is 0 Å². The summed E-state index contributed by atoms with van der Waals surface area (Å²) in [5.74, 6) is -0.245. The first kappa shape index (κ1) is 26.1. The molecule has 2 aromatic carbocycles. The van der Waals surface area contributed by atoms with Crippen molar-refractivity contribution in [3.8, 4) is 0 Å². The Bertz CT molecular complexity index is 1040. The number of rotatable bonds is 9. The average molecular weight is 518 g/mol. The van der Waals surface area contributed by atoms with Crippen molar-refractivity contribution in [1.82, 2.24) is 9.80 Å². The van der Waals surface area contributed by atoms with Crippen LogP contribution in [-0.4, -0.2) is 70.5 Å². The van der Waals surface area contributed by atoms with E-state index in [-0.39, 0.29) is 42.8 Å². The highest BCUT2D eigenvalue weighted by Crippen LogP contribution is 2.30. The van der Waals surface area contributed by atoms with Gasteiger partial charge in [-0.15, -0.1) is 0 Å². The third kappa shape index (κ3) is 6.25. The number of hydrogen-bond donors (Lipinski definition) is 2. The van der Waals surface area contributed by atoms with Gasteiger partial charge in [-0.05, 0) is 55.4 Å². The first-order chi connectivity index (χ1) is 16.9. The fraction of sp³-hybridized carbons (Fsp3) is 0.481. The van der Waals surface area contributed by atoms with E-state index in [1.165, 1.54) is 5.56 Å². The van der Waals surface area contributed by atoms with Gasteiger partial charge in [0.25, 0.3) is 0 Å². The lowest BCUT2D eigenvalue weighted by Gasteiger charge is -2.31. The van der Waals surface area contributed by atoms with Crippen LogP contribution in [0.15, 0.2) is 48.5 Å². The summed E-state index contributed by atoms with van der Waals surface area (Å²) >= 11 is 12.1. The molecule has 2 aliphatic rings. The van der Waals surface area contributed by atoms with E-state index in [2.05, 4.69) is 17.0 Å². The summed E-state index contributed by atoms with van der Waals surface area (Å²) in [6.45, 7) is 0.739. The molecule has 2 saturated heterocycles. The molecule has 6 nitrogen and oxygen atoms in total. The molecule has 0 saturated carbocycles. The number of nitrogens with zero attached hydrogens (tertiary/aromatic N) is 2. The predicted molar refractivity (Wildman–Crippen MR) is 139 cm³/mol. The van der Waals surface area contributed by atoms with E-state index in [1.54, 1.807) is 17.0 Å². The highest BCUT2D eigenvalue weighted by Gasteiger charge is 2.45.